The minimum Gasteiger partial charge on any atom is -0.409 e. The second-order valence-corrected chi connectivity index (χ2v) is 2.44. The van der Waals surface area contributed by atoms with E-state index in [1.807, 2.05) is 0 Å². The molecule has 1 atom stereocenters. The number of oxime groups is 1. The zero-order chi connectivity index (χ0) is 7.40. The van der Waals surface area contributed by atoms with Crippen molar-refractivity contribution in [2.75, 3.05) is 13.2 Å². The number of rotatable bonds is 1. The Morgan fingerprint density at radius 1 is 1.70 bits per heavy atom. The van der Waals surface area contributed by atoms with Crippen LogP contribution in [0.4, 0.5) is 0 Å². The molecule has 0 aromatic heterocycles. The third-order valence-electron chi connectivity index (χ3n) is 1.69. The summed E-state index contributed by atoms with van der Waals surface area (Å²) in [6.07, 6.45) is 1.97. The molecule has 1 saturated heterocycles. The first-order valence-electron chi connectivity index (χ1n) is 3.39. The molecule has 0 radical (unpaired) electrons. The molecule has 3 N–H and O–H groups in total. The molecule has 0 aromatic rings. The van der Waals surface area contributed by atoms with Gasteiger partial charge in [0.05, 0.1) is 6.61 Å². The summed E-state index contributed by atoms with van der Waals surface area (Å²) in [5, 5.41) is 11.2. The molecule has 1 aliphatic heterocycles. The van der Waals surface area contributed by atoms with Crippen molar-refractivity contribution in [3.8, 4) is 0 Å². The predicted molar refractivity (Wildman–Crippen MR) is 37.0 cm³/mol. The van der Waals surface area contributed by atoms with Gasteiger partial charge >= 0.3 is 0 Å². The zero-order valence-corrected chi connectivity index (χ0v) is 5.79. The van der Waals surface area contributed by atoms with Crippen molar-refractivity contribution < 1.29 is 9.94 Å². The minimum absolute atomic E-state index is 0.124. The van der Waals surface area contributed by atoms with E-state index >= 15 is 0 Å². The molecule has 1 fully saturated rings. The van der Waals surface area contributed by atoms with E-state index in [9.17, 15) is 0 Å². The fourth-order valence-corrected chi connectivity index (χ4v) is 1.06. The van der Waals surface area contributed by atoms with E-state index in [0.717, 1.165) is 19.4 Å². The summed E-state index contributed by atoms with van der Waals surface area (Å²) in [7, 11) is 0. The Hall–Kier alpha value is -0.770. The van der Waals surface area contributed by atoms with Crippen molar-refractivity contribution >= 4 is 5.84 Å². The first-order valence-corrected chi connectivity index (χ1v) is 3.39. The number of nitrogens with two attached hydrogens (primary N) is 1. The normalized spacial score (nSPS) is 28.4. The maximum absolute atomic E-state index is 8.29. The van der Waals surface area contributed by atoms with Crippen molar-refractivity contribution in [3.05, 3.63) is 0 Å². The monoisotopic (exact) mass is 144 g/mol. The summed E-state index contributed by atoms with van der Waals surface area (Å²) in [4.78, 5) is 0. The second-order valence-electron chi connectivity index (χ2n) is 2.44. The lowest BCUT2D eigenvalue weighted by molar-refractivity contribution is 0.0754. The molecule has 4 heteroatoms. The van der Waals surface area contributed by atoms with Gasteiger partial charge < -0.3 is 15.7 Å². The van der Waals surface area contributed by atoms with E-state index in [4.69, 9.17) is 15.7 Å². The third-order valence-corrected chi connectivity index (χ3v) is 1.69. The van der Waals surface area contributed by atoms with Crippen LogP contribution in [0.3, 0.4) is 0 Å². The number of hydrogen-bond donors (Lipinski definition) is 2. The van der Waals surface area contributed by atoms with Crippen LogP contribution in [-0.2, 0) is 4.74 Å². The van der Waals surface area contributed by atoms with E-state index in [1.54, 1.807) is 0 Å². The molecule has 0 spiro atoms. The molecule has 4 nitrogen and oxygen atoms in total. The molecule has 58 valence electrons. The van der Waals surface area contributed by atoms with Gasteiger partial charge in [-0.3, -0.25) is 0 Å². The van der Waals surface area contributed by atoms with Gasteiger partial charge in [0, 0.05) is 12.5 Å². The number of ether oxygens (including phenoxy) is 1. The molecule has 0 saturated carbocycles. The van der Waals surface area contributed by atoms with Crippen LogP contribution >= 0.6 is 0 Å². The molecule has 0 amide bonds. The van der Waals surface area contributed by atoms with Crippen molar-refractivity contribution in [2.24, 2.45) is 16.8 Å². The van der Waals surface area contributed by atoms with Crippen LogP contribution in [0.15, 0.2) is 5.16 Å². The van der Waals surface area contributed by atoms with Crippen molar-refractivity contribution in [2.45, 2.75) is 12.8 Å². The van der Waals surface area contributed by atoms with Crippen LogP contribution in [0.1, 0.15) is 12.8 Å². The summed E-state index contributed by atoms with van der Waals surface area (Å²) in [5.74, 6) is 0.415. The van der Waals surface area contributed by atoms with E-state index < -0.39 is 0 Å². The molecule has 0 aliphatic carbocycles. The Bertz CT molecular complexity index is 130. The van der Waals surface area contributed by atoms with Crippen LogP contribution in [0.2, 0.25) is 0 Å². The van der Waals surface area contributed by atoms with Gasteiger partial charge in [-0.05, 0) is 12.8 Å². The lowest BCUT2D eigenvalue weighted by Gasteiger charge is -2.20. The van der Waals surface area contributed by atoms with Gasteiger partial charge in [-0.2, -0.15) is 0 Å². The molecule has 0 unspecified atom stereocenters. The van der Waals surface area contributed by atoms with Crippen LogP contribution < -0.4 is 5.73 Å². The SMILES string of the molecule is N/C(=N\O)[C@H]1CCCOC1. The molecular formula is C6H12N2O2. The summed E-state index contributed by atoms with van der Waals surface area (Å²) >= 11 is 0. The Morgan fingerprint density at radius 3 is 3.00 bits per heavy atom. The highest BCUT2D eigenvalue weighted by atomic mass is 16.5. The Labute approximate surface area is 59.7 Å². The molecular weight excluding hydrogens is 132 g/mol. The summed E-state index contributed by atoms with van der Waals surface area (Å²) < 4.78 is 5.13. The minimum atomic E-state index is 0.124. The fraction of sp³-hybridized carbons (Fsp3) is 0.833. The lowest BCUT2D eigenvalue weighted by Crippen LogP contribution is -2.30. The number of nitrogens with zero attached hydrogens (tertiary/aromatic N) is 1. The predicted octanol–water partition coefficient (Wildman–Crippen LogP) is 0.159. The summed E-state index contributed by atoms with van der Waals surface area (Å²) in [6, 6.07) is 0. The topological polar surface area (TPSA) is 67.8 Å². The van der Waals surface area contributed by atoms with E-state index in [-0.39, 0.29) is 5.92 Å². The van der Waals surface area contributed by atoms with E-state index in [1.165, 1.54) is 0 Å². The lowest BCUT2D eigenvalue weighted by atomic mass is 10.0. The van der Waals surface area contributed by atoms with Gasteiger partial charge in [0.1, 0.15) is 5.84 Å². The van der Waals surface area contributed by atoms with E-state index in [0.29, 0.717) is 12.4 Å². The quantitative estimate of drug-likeness (QED) is 0.238. The first kappa shape index (κ1) is 7.34. The molecule has 1 heterocycles. The van der Waals surface area contributed by atoms with Crippen molar-refractivity contribution in [3.63, 3.8) is 0 Å². The molecule has 1 aliphatic rings. The third kappa shape index (κ3) is 1.60. The van der Waals surface area contributed by atoms with Gasteiger partial charge in [0.15, 0.2) is 0 Å². The van der Waals surface area contributed by atoms with Gasteiger partial charge in [-0.25, -0.2) is 0 Å². The van der Waals surface area contributed by atoms with Gasteiger partial charge in [0.25, 0.3) is 0 Å². The summed E-state index contributed by atoms with van der Waals surface area (Å²) in [5.41, 5.74) is 5.37. The van der Waals surface area contributed by atoms with Crippen LogP contribution in [-0.4, -0.2) is 24.3 Å². The van der Waals surface area contributed by atoms with Crippen LogP contribution in [0, 0.1) is 5.92 Å². The number of amidine groups is 1. The Balaban J connectivity index is 2.39. The van der Waals surface area contributed by atoms with Crippen molar-refractivity contribution in [1.29, 1.82) is 0 Å². The number of hydrogen-bond acceptors (Lipinski definition) is 3. The van der Waals surface area contributed by atoms with Crippen molar-refractivity contribution in [1.82, 2.24) is 0 Å². The standard InChI is InChI=1S/C6H12N2O2/c7-6(8-9)5-2-1-3-10-4-5/h5,9H,1-4H2,(H2,7,8)/t5-/m0/s1. The summed E-state index contributed by atoms with van der Waals surface area (Å²) in [6.45, 7) is 1.39. The fourth-order valence-electron chi connectivity index (χ4n) is 1.06. The van der Waals surface area contributed by atoms with Crippen LogP contribution in [0.25, 0.3) is 0 Å². The second kappa shape index (κ2) is 3.41. The van der Waals surface area contributed by atoms with Gasteiger partial charge in [-0.15, -0.1) is 0 Å². The first-order chi connectivity index (χ1) is 4.84. The Kier molecular flexibility index (Phi) is 2.50. The molecule has 0 aromatic carbocycles. The maximum atomic E-state index is 8.29. The molecule has 1 rings (SSSR count). The average Bonchev–Trinajstić information content (AvgIpc) is 2.05. The molecule has 0 bridgehead atoms. The smallest absolute Gasteiger partial charge is 0.144 e. The average molecular weight is 144 g/mol. The van der Waals surface area contributed by atoms with Gasteiger partial charge in [-0.1, -0.05) is 5.16 Å². The molecule has 10 heavy (non-hydrogen) atoms. The van der Waals surface area contributed by atoms with Crippen LogP contribution in [0.5, 0.6) is 0 Å². The highest BCUT2D eigenvalue weighted by Gasteiger charge is 2.17. The highest BCUT2D eigenvalue weighted by molar-refractivity contribution is 5.82. The van der Waals surface area contributed by atoms with Gasteiger partial charge in [0.2, 0.25) is 0 Å². The largest absolute Gasteiger partial charge is 0.409 e. The van der Waals surface area contributed by atoms with E-state index in [2.05, 4.69) is 5.16 Å². The Morgan fingerprint density at radius 2 is 2.50 bits per heavy atom. The maximum Gasteiger partial charge on any atom is 0.144 e. The highest BCUT2D eigenvalue weighted by Crippen LogP contribution is 2.12. The zero-order valence-electron chi connectivity index (χ0n) is 5.79.